The molecule has 2 aromatic heterocycles. The maximum Gasteiger partial charge on any atom is 0.305 e. The fourth-order valence-electron chi connectivity index (χ4n) is 2.75. The van der Waals surface area contributed by atoms with E-state index in [4.69, 9.17) is 5.11 Å². The van der Waals surface area contributed by atoms with Gasteiger partial charge in [0, 0.05) is 22.2 Å². The van der Waals surface area contributed by atoms with Crippen molar-refractivity contribution in [2.75, 3.05) is 0 Å². The lowest BCUT2D eigenvalue weighted by Gasteiger charge is -2.01. The van der Waals surface area contributed by atoms with Crippen LogP contribution in [0.1, 0.15) is 33.9 Å². The Bertz CT molecular complexity index is 952. The number of hydrogen-bond donors (Lipinski definition) is 1. The maximum atomic E-state index is 10.8. The third-order valence-electron chi connectivity index (χ3n) is 4.24. The summed E-state index contributed by atoms with van der Waals surface area (Å²) in [5, 5.41) is 16.3. The molecule has 5 nitrogen and oxygen atoms in total. The Balaban J connectivity index is 1.78. The Labute approximate surface area is 156 Å². The van der Waals surface area contributed by atoms with Gasteiger partial charge in [-0.05, 0) is 32.9 Å². The normalized spacial score (nSPS) is 11.3. The summed E-state index contributed by atoms with van der Waals surface area (Å²) in [5.74, 6) is -0.818. The van der Waals surface area contributed by atoms with Crippen LogP contribution in [0.15, 0.2) is 29.6 Å². The molecule has 0 fully saturated rings. The van der Waals surface area contributed by atoms with Crippen LogP contribution in [0.4, 0.5) is 0 Å². The van der Waals surface area contributed by atoms with E-state index in [9.17, 15) is 4.79 Å². The molecule has 134 valence electrons. The molecule has 3 rings (SSSR count). The summed E-state index contributed by atoms with van der Waals surface area (Å²) in [6, 6.07) is 8.34. The molecule has 0 amide bonds. The van der Waals surface area contributed by atoms with Gasteiger partial charge in [0.25, 0.3) is 0 Å². The van der Waals surface area contributed by atoms with Gasteiger partial charge in [-0.1, -0.05) is 29.8 Å². The molecular formula is C20H21N3O2S. The number of benzene rings is 1. The Hall–Kier alpha value is -2.73. The minimum Gasteiger partial charge on any atom is -0.481 e. The van der Waals surface area contributed by atoms with Gasteiger partial charge in [-0.15, -0.1) is 11.3 Å². The van der Waals surface area contributed by atoms with E-state index < -0.39 is 5.97 Å². The number of nitrogens with zero attached hydrogens (tertiary/aromatic N) is 3. The van der Waals surface area contributed by atoms with Crippen molar-refractivity contribution in [3.8, 4) is 11.3 Å². The number of carboxylic acids is 1. The first-order chi connectivity index (χ1) is 12.4. The van der Waals surface area contributed by atoms with Crippen molar-refractivity contribution in [1.29, 1.82) is 0 Å². The van der Waals surface area contributed by atoms with Gasteiger partial charge in [0.2, 0.25) is 0 Å². The number of aryl methyl sites for hydroxylation is 3. The third-order valence-corrected chi connectivity index (χ3v) is 5.05. The highest BCUT2D eigenvalue weighted by atomic mass is 32.1. The van der Waals surface area contributed by atoms with Gasteiger partial charge in [-0.3, -0.25) is 9.48 Å². The fraction of sp³-hybridized carbons (Fsp3) is 0.250. The van der Waals surface area contributed by atoms with Crippen LogP contribution >= 0.6 is 11.3 Å². The fourth-order valence-corrected chi connectivity index (χ4v) is 3.47. The molecule has 0 radical (unpaired) electrons. The summed E-state index contributed by atoms with van der Waals surface area (Å²) in [6.45, 7) is 6.34. The van der Waals surface area contributed by atoms with E-state index in [0.717, 1.165) is 33.2 Å². The second-order valence-electron chi connectivity index (χ2n) is 6.22. The molecule has 1 N–H and O–H groups in total. The SMILES string of the molecule is Cc1ccc(-c2csc(/C=C/c3c(C)nn(CCC(=O)O)c3C)n2)cc1. The van der Waals surface area contributed by atoms with Crippen molar-refractivity contribution in [3.05, 3.63) is 57.2 Å². The summed E-state index contributed by atoms with van der Waals surface area (Å²) in [5.41, 5.74) is 6.19. The lowest BCUT2D eigenvalue weighted by molar-refractivity contribution is -0.137. The Morgan fingerprint density at radius 2 is 1.92 bits per heavy atom. The van der Waals surface area contributed by atoms with Gasteiger partial charge in [0.05, 0.1) is 24.4 Å². The average molecular weight is 367 g/mol. The zero-order valence-corrected chi connectivity index (χ0v) is 15.9. The zero-order valence-electron chi connectivity index (χ0n) is 15.1. The Morgan fingerprint density at radius 1 is 1.19 bits per heavy atom. The molecule has 6 heteroatoms. The highest BCUT2D eigenvalue weighted by molar-refractivity contribution is 7.10. The van der Waals surface area contributed by atoms with Crippen molar-refractivity contribution in [2.45, 2.75) is 33.7 Å². The van der Waals surface area contributed by atoms with Crippen LogP contribution in [0.2, 0.25) is 0 Å². The lowest BCUT2D eigenvalue weighted by atomic mass is 10.1. The van der Waals surface area contributed by atoms with E-state index in [2.05, 4.69) is 46.7 Å². The first kappa shape index (κ1) is 18.1. The number of thiazole rings is 1. The quantitative estimate of drug-likeness (QED) is 0.692. The molecule has 0 spiro atoms. The molecule has 2 heterocycles. The molecule has 26 heavy (non-hydrogen) atoms. The summed E-state index contributed by atoms with van der Waals surface area (Å²) in [7, 11) is 0. The summed E-state index contributed by atoms with van der Waals surface area (Å²) in [6.07, 6.45) is 4.06. The number of aliphatic carboxylic acids is 1. The molecule has 0 unspecified atom stereocenters. The molecule has 0 aliphatic carbocycles. The van der Waals surface area contributed by atoms with E-state index in [-0.39, 0.29) is 6.42 Å². The first-order valence-electron chi connectivity index (χ1n) is 8.40. The molecule has 0 saturated carbocycles. The average Bonchev–Trinajstić information content (AvgIpc) is 3.17. The zero-order chi connectivity index (χ0) is 18.7. The van der Waals surface area contributed by atoms with Gasteiger partial charge in [-0.25, -0.2) is 4.98 Å². The number of hydrogen-bond acceptors (Lipinski definition) is 4. The Kier molecular flexibility index (Phi) is 5.32. The Morgan fingerprint density at radius 3 is 2.62 bits per heavy atom. The maximum absolute atomic E-state index is 10.8. The molecule has 0 aliphatic heterocycles. The largest absolute Gasteiger partial charge is 0.481 e. The minimum absolute atomic E-state index is 0.0670. The van der Waals surface area contributed by atoms with E-state index in [1.54, 1.807) is 16.0 Å². The molecule has 3 aromatic rings. The van der Waals surface area contributed by atoms with Crippen molar-refractivity contribution >= 4 is 29.5 Å². The second kappa shape index (κ2) is 7.66. The predicted molar refractivity (Wildman–Crippen MR) is 105 cm³/mol. The number of carbonyl (C=O) groups is 1. The summed E-state index contributed by atoms with van der Waals surface area (Å²) < 4.78 is 1.75. The smallest absolute Gasteiger partial charge is 0.305 e. The van der Waals surface area contributed by atoms with Crippen LogP contribution in [0, 0.1) is 20.8 Å². The van der Waals surface area contributed by atoms with Crippen LogP contribution in [0.25, 0.3) is 23.4 Å². The highest BCUT2D eigenvalue weighted by Crippen LogP contribution is 2.24. The molecule has 0 saturated heterocycles. The van der Waals surface area contributed by atoms with Gasteiger partial charge in [0.15, 0.2) is 0 Å². The van der Waals surface area contributed by atoms with E-state index in [1.807, 2.05) is 26.0 Å². The van der Waals surface area contributed by atoms with Crippen molar-refractivity contribution < 1.29 is 9.90 Å². The monoisotopic (exact) mass is 367 g/mol. The predicted octanol–water partition coefficient (Wildman–Crippen LogP) is 4.58. The first-order valence-corrected chi connectivity index (χ1v) is 9.28. The molecule has 1 aromatic carbocycles. The topological polar surface area (TPSA) is 68.0 Å². The van der Waals surface area contributed by atoms with Crippen molar-refractivity contribution in [1.82, 2.24) is 14.8 Å². The molecule has 0 aliphatic rings. The van der Waals surface area contributed by atoms with E-state index >= 15 is 0 Å². The van der Waals surface area contributed by atoms with Crippen LogP contribution in [0.3, 0.4) is 0 Å². The molecule has 0 atom stereocenters. The van der Waals surface area contributed by atoms with Gasteiger partial charge in [-0.2, -0.15) is 5.10 Å². The van der Waals surface area contributed by atoms with Crippen LogP contribution in [-0.2, 0) is 11.3 Å². The van der Waals surface area contributed by atoms with E-state index in [0.29, 0.717) is 6.54 Å². The standard InChI is InChI=1S/C20H21N3O2S/c1-13-4-6-16(7-5-13)18-12-26-19(21-18)9-8-17-14(2)22-23(15(17)3)11-10-20(24)25/h4-9,12H,10-11H2,1-3H3,(H,24,25)/b9-8+. The van der Waals surface area contributed by atoms with Crippen LogP contribution in [0.5, 0.6) is 0 Å². The number of aromatic nitrogens is 3. The van der Waals surface area contributed by atoms with Gasteiger partial charge in [0.1, 0.15) is 5.01 Å². The highest BCUT2D eigenvalue weighted by Gasteiger charge is 2.10. The number of carboxylic acid groups (broad SMARTS) is 1. The van der Waals surface area contributed by atoms with Gasteiger partial charge >= 0.3 is 5.97 Å². The van der Waals surface area contributed by atoms with Crippen molar-refractivity contribution in [2.24, 2.45) is 0 Å². The number of rotatable bonds is 6. The van der Waals surface area contributed by atoms with Crippen LogP contribution in [-0.4, -0.2) is 25.8 Å². The lowest BCUT2D eigenvalue weighted by Crippen LogP contribution is -2.07. The summed E-state index contributed by atoms with van der Waals surface area (Å²) >= 11 is 1.60. The second-order valence-corrected chi connectivity index (χ2v) is 7.11. The van der Waals surface area contributed by atoms with Crippen LogP contribution < -0.4 is 0 Å². The van der Waals surface area contributed by atoms with Crippen molar-refractivity contribution in [3.63, 3.8) is 0 Å². The summed E-state index contributed by atoms with van der Waals surface area (Å²) in [4.78, 5) is 15.4. The third kappa shape index (κ3) is 4.08. The molecule has 0 bridgehead atoms. The van der Waals surface area contributed by atoms with Gasteiger partial charge < -0.3 is 5.11 Å². The molecular weight excluding hydrogens is 346 g/mol. The minimum atomic E-state index is -0.818. The van der Waals surface area contributed by atoms with E-state index in [1.165, 1.54) is 5.56 Å².